The van der Waals surface area contributed by atoms with Crippen molar-refractivity contribution in [2.75, 3.05) is 0 Å². The monoisotopic (exact) mass is 314 g/mol. The molecule has 0 bridgehead atoms. The van der Waals surface area contributed by atoms with E-state index < -0.39 is 11.4 Å². The molecule has 1 atom stereocenters. The molecule has 4 rings (SSSR count). The molecule has 2 heteroatoms. The minimum atomic E-state index is -1.06. The number of aliphatic carboxylic acids is 1. The van der Waals surface area contributed by atoms with E-state index in [9.17, 15) is 9.90 Å². The zero-order valence-electron chi connectivity index (χ0n) is 13.5. The smallest absolute Gasteiger partial charge is 0.318 e. The molecule has 0 aliphatic heterocycles. The van der Waals surface area contributed by atoms with Crippen LogP contribution in [-0.4, -0.2) is 11.1 Å². The fourth-order valence-electron chi connectivity index (χ4n) is 3.79. The van der Waals surface area contributed by atoms with Crippen molar-refractivity contribution in [2.24, 2.45) is 0 Å². The first-order chi connectivity index (χ1) is 11.6. The normalized spacial score (nSPS) is 14.5. The van der Waals surface area contributed by atoms with Gasteiger partial charge in [-0.15, -0.1) is 0 Å². The molecule has 24 heavy (non-hydrogen) atoms. The Kier molecular flexibility index (Phi) is 3.27. The van der Waals surface area contributed by atoms with Gasteiger partial charge in [-0.25, -0.2) is 0 Å². The summed E-state index contributed by atoms with van der Waals surface area (Å²) >= 11 is 0. The average Bonchev–Trinajstić information content (AvgIpc) is 3.00. The summed E-state index contributed by atoms with van der Waals surface area (Å²) in [7, 11) is 0. The topological polar surface area (TPSA) is 37.3 Å². The number of hydrogen-bond donors (Lipinski definition) is 1. The molecule has 0 amide bonds. The number of carboxylic acids is 1. The first-order valence-electron chi connectivity index (χ1n) is 8.12. The van der Waals surface area contributed by atoms with Gasteiger partial charge in [0.05, 0.1) is 0 Å². The number of benzene rings is 3. The van der Waals surface area contributed by atoms with Crippen LogP contribution in [0.25, 0.3) is 11.1 Å². The number of rotatable bonds is 3. The lowest BCUT2D eigenvalue weighted by Crippen LogP contribution is -2.34. The SMILES string of the molecule is CC(C(=O)O)(c1ccccc1)c1cccc2c1Cc1ccccc1-2. The summed E-state index contributed by atoms with van der Waals surface area (Å²) in [5.74, 6) is -0.821. The van der Waals surface area contributed by atoms with Gasteiger partial charge >= 0.3 is 5.97 Å². The molecular weight excluding hydrogens is 296 g/mol. The Morgan fingerprint density at radius 2 is 1.54 bits per heavy atom. The molecule has 118 valence electrons. The van der Waals surface area contributed by atoms with Crippen LogP contribution < -0.4 is 0 Å². The molecule has 3 aromatic rings. The minimum Gasteiger partial charge on any atom is -0.480 e. The van der Waals surface area contributed by atoms with E-state index in [1.807, 2.05) is 61.5 Å². The molecule has 1 unspecified atom stereocenters. The predicted octanol–water partition coefficient (Wildman–Crippen LogP) is 4.65. The van der Waals surface area contributed by atoms with E-state index in [0.29, 0.717) is 0 Å². The summed E-state index contributed by atoms with van der Waals surface area (Å²) in [4.78, 5) is 12.3. The van der Waals surface area contributed by atoms with E-state index in [0.717, 1.165) is 28.7 Å². The first kappa shape index (κ1) is 14.7. The third-order valence-electron chi connectivity index (χ3n) is 5.17. The fraction of sp³-hybridized carbons (Fsp3) is 0.136. The summed E-state index contributed by atoms with van der Waals surface area (Å²) in [5, 5.41) is 10.1. The molecule has 1 N–H and O–H groups in total. The van der Waals surface area contributed by atoms with Gasteiger partial charge < -0.3 is 5.11 Å². The van der Waals surface area contributed by atoms with Crippen LogP contribution in [0.4, 0.5) is 0 Å². The van der Waals surface area contributed by atoms with Crippen LogP contribution in [-0.2, 0) is 16.6 Å². The van der Waals surface area contributed by atoms with Crippen LogP contribution in [0, 0.1) is 0 Å². The van der Waals surface area contributed by atoms with Gasteiger partial charge in [0.15, 0.2) is 0 Å². The van der Waals surface area contributed by atoms with Crippen molar-refractivity contribution in [2.45, 2.75) is 18.8 Å². The highest BCUT2D eigenvalue weighted by Crippen LogP contribution is 2.43. The van der Waals surface area contributed by atoms with Crippen molar-refractivity contribution < 1.29 is 9.90 Å². The Morgan fingerprint density at radius 1 is 0.875 bits per heavy atom. The van der Waals surface area contributed by atoms with Crippen LogP contribution >= 0.6 is 0 Å². The summed E-state index contributed by atoms with van der Waals surface area (Å²) < 4.78 is 0. The summed E-state index contributed by atoms with van der Waals surface area (Å²) in [6, 6.07) is 23.9. The maximum absolute atomic E-state index is 12.3. The summed E-state index contributed by atoms with van der Waals surface area (Å²) in [5.41, 5.74) is 5.40. The molecule has 0 radical (unpaired) electrons. The molecule has 0 spiro atoms. The van der Waals surface area contributed by atoms with E-state index in [2.05, 4.69) is 18.2 Å². The van der Waals surface area contributed by atoms with Gasteiger partial charge in [0.1, 0.15) is 5.41 Å². The molecule has 0 heterocycles. The van der Waals surface area contributed by atoms with Crippen molar-refractivity contribution in [1.82, 2.24) is 0 Å². The lowest BCUT2D eigenvalue weighted by molar-refractivity contribution is -0.141. The lowest BCUT2D eigenvalue weighted by atomic mass is 9.73. The number of hydrogen-bond acceptors (Lipinski definition) is 1. The highest BCUT2D eigenvalue weighted by molar-refractivity contribution is 5.89. The Labute approximate surface area is 141 Å². The van der Waals surface area contributed by atoms with Gasteiger partial charge in [-0.3, -0.25) is 4.79 Å². The van der Waals surface area contributed by atoms with Crippen molar-refractivity contribution in [3.8, 4) is 11.1 Å². The molecule has 1 aliphatic rings. The maximum Gasteiger partial charge on any atom is 0.318 e. The van der Waals surface area contributed by atoms with E-state index >= 15 is 0 Å². The second kappa shape index (κ2) is 5.34. The Bertz CT molecular complexity index is 928. The molecule has 0 fully saturated rings. The quantitative estimate of drug-likeness (QED) is 0.598. The Hall–Kier alpha value is -2.87. The molecule has 0 aromatic heterocycles. The predicted molar refractivity (Wildman–Crippen MR) is 95.2 cm³/mol. The molecular formula is C22H18O2. The summed E-state index contributed by atoms with van der Waals surface area (Å²) in [6.07, 6.45) is 0.789. The van der Waals surface area contributed by atoms with Crippen LogP contribution in [0.5, 0.6) is 0 Å². The van der Waals surface area contributed by atoms with Crippen molar-refractivity contribution in [3.05, 3.63) is 95.1 Å². The van der Waals surface area contributed by atoms with Crippen LogP contribution in [0.1, 0.15) is 29.2 Å². The van der Waals surface area contributed by atoms with E-state index in [-0.39, 0.29) is 0 Å². The van der Waals surface area contributed by atoms with Gasteiger partial charge in [-0.1, -0.05) is 72.8 Å². The van der Waals surface area contributed by atoms with Crippen molar-refractivity contribution in [1.29, 1.82) is 0 Å². The minimum absolute atomic E-state index is 0.789. The number of carbonyl (C=O) groups is 1. The third kappa shape index (κ3) is 2.00. The second-order valence-electron chi connectivity index (χ2n) is 6.46. The molecule has 0 saturated carbocycles. The van der Waals surface area contributed by atoms with Gasteiger partial charge in [-0.05, 0) is 46.7 Å². The van der Waals surface area contributed by atoms with Crippen molar-refractivity contribution >= 4 is 5.97 Å². The van der Waals surface area contributed by atoms with Crippen LogP contribution in [0.2, 0.25) is 0 Å². The zero-order valence-corrected chi connectivity index (χ0v) is 13.5. The largest absolute Gasteiger partial charge is 0.480 e. The van der Waals surface area contributed by atoms with E-state index in [4.69, 9.17) is 0 Å². The highest BCUT2D eigenvalue weighted by atomic mass is 16.4. The van der Waals surface area contributed by atoms with Crippen molar-refractivity contribution in [3.63, 3.8) is 0 Å². The molecule has 3 aromatic carbocycles. The fourth-order valence-corrected chi connectivity index (χ4v) is 3.79. The maximum atomic E-state index is 12.3. The third-order valence-corrected chi connectivity index (χ3v) is 5.17. The highest BCUT2D eigenvalue weighted by Gasteiger charge is 2.40. The molecule has 2 nitrogen and oxygen atoms in total. The Balaban J connectivity index is 1.96. The second-order valence-corrected chi connectivity index (χ2v) is 6.46. The first-order valence-corrected chi connectivity index (χ1v) is 8.12. The van der Waals surface area contributed by atoms with Gasteiger partial charge in [0.2, 0.25) is 0 Å². The number of fused-ring (bicyclic) bond motifs is 3. The average molecular weight is 314 g/mol. The number of carboxylic acid groups (broad SMARTS) is 1. The summed E-state index contributed by atoms with van der Waals surface area (Å²) in [6.45, 7) is 1.81. The Morgan fingerprint density at radius 3 is 2.29 bits per heavy atom. The van der Waals surface area contributed by atoms with Gasteiger partial charge in [0, 0.05) is 0 Å². The van der Waals surface area contributed by atoms with Crippen LogP contribution in [0.15, 0.2) is 72.8 Å². The molecule has 0 saturated heterocycles. The van der Waals surface area contributed by atoms with Gasteiger partial charge in [0.25, 0.3) is 0 Å². The van der Waals surface area contributed by atoms with Crippen LogP contribution in [0.3, 0.4) is 0 Å². The molecule has 1 aliphatic carbocycles. The standard InChI is InChI=1S/C22H18O2/c1-22(21(23)24,16-9-3-2-4-10-16)20-13-7-12-18-17-11-6-5-8-15(17)14-19(18)20/h2-13H,14H2,1H3,(H,23,24). The van der Waals surface area contributed by atoms with Gasteiger partial charge in [-0.2, -0.15) is 0 Å². The van der Waals surface area contributed by atoms with E-state index in [1.54, 1.807) is 0 Å². The van der Waals surface area contributed by atoms with E-state index in [1.165, 1.54) is 11.1 Å². The zero-order chi connectivity index (χ0) is 16.7. The lowest BCUT2D eigenvalue weighted by Gasteiger charge is -2.28.